The predicted octanol–water partition coefficient (Wildman–Crippen LogP) is 6.47. The van der Waals surface area contributed by atoms with Gasteiger partial charge in [0, 0.05) is 11.6 Å². The van der Waals surface area contributed by atoms with Crippen molar-refractivity contribution in [1.82, 2.24) is 0 Å². The number of benzene rings is 2. The molecule has 0 bridgehead atoms. The monoisotopic (exact) mass is 347 g/mol. The number of unbranched alkanes of at least 4 members (excludes halogenated alkanes) is 3. The summed E-state index contributed by atoms with van der Waals surface area (Å²) in [6.07, 6.45) is 10.8. The molecule has 136 valence electrons. The highest BCUT2D eigenvalue weighted by atomic mass is 16.5. The van der Waals surface area contributed by atoms with Gasteiger partial charge in [-0.05, 0) is 48.1 Å². The first-order valence-corrected chi connectivity index (χ1v) is 10.1. The van der Waals surface area contributed by atoms with E-state index in [0.717, 1.165) is 25.2 Å². The predicted molar refractivity (Wildman–Crippen MR) is 109 cm³/mol. The van der Waals surface area contributed by atoms with Gasteiger partial charge in [0.25, 0.3) is 0 Å². The highest BCUT2D eigenvalue weighted by Gasteiger charge is 2.37. The van der Waals surface area contributed by atoms with Crippen molar-refractivity contribution in [2.75, 3.05) is 11.9 Å². The third kappa shape index (κ3) is 3.51. The van der Waals surface area contributed by atoms with Crippen molar-refractivity contribution >= 4 is 5.69 Å². The van der Waals surface area contributed by atoms with Crippen molar-refractivity contribution in [3.63, 3.8) is 0 Å². The molecule has 4 rings (SSSR count). The Morgan fingerprint density at radius 3 is 2.77 bits per heavy atom. The van der Waals surface area contributed by atoms with Gasteiger partial charge in [-0.3, -0.25) is 0 Å². The molecule has 1 aliphatic carbocycles. The van der Waals surface area contributed by atoms with E-state index in [1.54, 1.807) is 0 Å². The van der Waals surface area contributed by atoms with E-state index >= 15 is 0 Å². The fourth-order valence-corrected chi connectivity index (χ4v) is 4.37. The summed E-state index contributed by atoms with van der Waals surface area (Å²) in [7, 11) is 0. The Balaban J connectivity index is 1.51. The van der Waals surface area contributed by atoms with E-state index in [1.807, 2.05) is 0 Å². The fraction of sp³-hybridized carbons (Fsp3) is 0.417. The van der Waals surface area contributed by atoms with Crippen LogP contribution < -0.4 is 10.1 Å². The fourth-order valence-electron chi connectivity index (χ4n) is 4.37. The molecule has 0 spiro atoms. The van der Waals surface area contributed by atoms with Crippen LogP contribution in [0.3, 0.4) is 0 Å². The maximum atomic E-state index is 6.03. The van der Waals surface area contributed by atoms with Crippen molar-refractivity contribution in [3.05, 3.63) is 71.8 Å². The van der Waals surface area contributed by atoms with Gasteiger partial charge < -0.3 is 10.1 Å². The number of ether oxygens (including phenoxy) is 1. The van der Waals surface area contributed by atoms with Crippen LogP contribution in [0.25, 0.3) is 0 Å². The van der Waals surface area contributed by atoms with Crippen LogP contribution in [0.1, 0.15) is 62.1 Å². The van der Waals surface area contributed by atoms with Crippen LogP contribution in [0.5, 0.6) is 5.75 Å². The summed E-state index contributed by atoms with van der Waals surface area (Å²) in [4.78, 5) is 0. The molecule has 1 N–H and O–H groups in total. The second-order valence-corrected chi connectivity index (χ2v) is 7.54. The lowest BCUT2D eigenvalue weighted by molar-refractivity contribution is 0.304. The summed E-state index contributed by atoms with van der Waals surface area (Å²) >= 11 is 0. The molecule has 0 amide bonds. The Labute approximate surface area is 157 Å². The molecule has 2 aromatic rings. The zero-order valence-corrected chi connectivity index (χ0v) is 15.7. The van der Waals surface area contributed by atoms with E-state index in [1.165, 1.54) is 36.1 Å². The van der Waals surface area contributed by atoms with Crippen LogP contribution in [0.4, 0.5) is 5.69 Å². The molecule has 0 aromatic heterocycles. The molecule has 0 saturated carbocycles. The minimum absolute atomic E-state index is 0.379. The summed E-state index contributed by atoms with van der Waals surface area (Å²) in [5.74, 6) is 2.09. The van der Waals surface area contributed by atoms with Crippen molar-refractivity contribution in [3.8, 4) is 5.75 Å². The number of rotatable bonds is 7. The average Bonchev–Trinajstić information content (AvgIpc) is 3.18. The first-order chi connectivity index (χ1) is 12.9. The number of hydrogen-bond donors (Lipinski definition) is 1. The molecule has 26 heavy (non-hydrogen) atoms. The third-order valence-electron chi connectivity index (χ3n) is 5.76. The SMILES string of the molecule is CCCCCCOc1ccc2c(c1)C1C=CCC1C(c1ccccc1)N2. The lowest BCUT2D eigenvalue weighted by atomic mass is 9.77. The van der Waals surface area contributed by atoms with Crippen molar-refractivity contribution in [2.24, 2.45) is 5.92 Å². The molecule has 2 heteroatoms. The molecule has 3 atom stereocenters. The molecular formula is C24H29NO. The first-order valence-electron chi connectivity index (χ1n) is 10.1. The summed E-state index contributed by atoms with van der Waals surface area (Å²) in [5, 5.41) is 3.80. The van der Waals surface area contributed by atoms with Gasteiger partial charge in [0.2, 0.25) is 0 Å². The Morgan fingerprint density at radius 2 is 1.92 bits per heavy atom. The Kier molecular flexibility index (Phi) is 5.29. The molecule has 1 heterocycles. The Hall–Kier alpha value is -2.22. The molecule has 1 aliphatic heterocycles. The van der Waals surface area contributed by atoms with E-state index in [0.29, 0.717) is 17.9 Å². The van der Waals surface area contributed by atoms with Crippen LogP contribution >= 0.6 is 0 Å². The summed E-state index contributed by atoms with van der Waals surface area (Å²) < 4.78 is 6.03. The maximum absolute atomic E-state index is 6.03. The Morgan fingerprint density at radius 1 is 1.04 bits per heavy atom. The number of anilines is 1. The quantitative estimate of drug-likeness (QED) is 0.457. The normalized spacial score (nSPS) is 23.2. The van der Waals surface area contributed by atoms with Gasteiger partial charge in [-0.1, -0.05) is 68.7 Å². The summed E-state index contributed by atoms with van der Waals surface area (Å²) in [6.45, 7) is 3.06. The highest BCUT2D eigenvalue weighted by molar-refractivity contribution is 5.61. The second kappa shape index (κ2) is 7.99. The molecule has 0 saturated heterocycles. The molecular weight excluding hydrogens is 318 g/mol. The minimum Gasteiger partial charge on any atom is -0.494 e. The molecule has 0 fully saturated rings. The van der Waals surface area contributed by atoms with Crippen LogP contribution in [0.15, 0.2) is 60.7 Å². The molecule has 2 nitrogen and oxygen atoms in total. The zero-order chi connectivity index (χ0) is 17.8. The lowest BCUT2D eigenvalue weighted by Gasteiger charge is -2.37. The van der Waals surface area contributed by atoms with E-state index in [9.17, 15) is 0 Å². The molecule has 3 unspecified atom stereocenters. The van der Waals surface area contributed by atoms with Crippen LogP contribution in [-0.2, 0) is 0 Å². The molecule has 2 aromatic carbocycles. The average molecular weight is 348 g/mol. The van der Waals surface area contributed by atoms with Gasteiger partial charge in [0.1, 0.15) is 5.75 Å². The number of allylic oxidation sites excluding steroid dienone is 2. The largest absolute Gasteiger partial charge is 0.494 e. The van der Waals surface area contributed by atoms with Crippen LogP contribution in [0.2, 0.25) is 0 Å². The smallest absolute Gasteiger partial charge is 0.119 e. The van der Waals surface area contributed by atoms with E-state index in [2.05, 4.69) is 72.9 Å². The minimum atomic E-state index is 0.379. The third-order valence-corrected chi connectivity index (χ3v) is 5.76. The standard InChI is InChI=1S/C24H29NO/c1-2-3-4-8-16-26-19-14-15-23-22(17-19)20-12-9-13-21(20)24(25-23)18-10-6-5-7-11-18/h5-7,9-12,14-15,17,20-21,24-25H,2-4,8,13,16H2,1H3. The second-order valence-electron chi connectivity index (χ2n) is 7.54. The van der Waals surface area contributed by atoms with E-state index in [-0.39, 0.29) is 0 Å². The van der Waals surface area contributed by atoms with E-state index < -0.39 is 0 Å². The van der Waals surface area contributed by atoms with Crippen LogP contribution in [-0.4, -0.2) is 6.61 Å². The summed E-state index contributed by atoms with van der Waals surface area (Å²) in [5.41, 5.74) is 4.03. The topological polar surface area (TPSA) is 21.3 Å². The van der Waals surface area contributed by atoms with Crippen molar-refractivity contribution in [1.29, 1.82) is 0 Å². The van der Waals surface area contributed by atoms with Crippen molar-refractivity contribution in [2.45, 2.75) is 51.0 Å². The van der Waals surface area contributed by atoms with Gasteiger partial charge in [-0.2, -0.15) is 0 Å². The van der Waals surface area contributed by atoms with E-state index in [4.69, 9.17) is 4.74 Å². The van der Waals surface area contributed by atoms with Gasteiger partial charge in [-0.15, -0.1) is 0 Å². The molecule has 0 radical (unpaired) electrons. The molecule has 2 aliphatic rings. The van der Waals surface area contributed by atoms with Crippen molar-refractivity contribution < 1.29 is 4.74 Å². The first kappa shape index (κ1) is 17.2. The Bertz CT molecular complexity index is 752. The highest BCUT2D eigenvalue weighted by Crippen LogP contribution is 2.50. The number of nitrogens with one attached hydrogen (secondary N) is 1. The van der Waals surface area contributed by atoms with Gasteiger partial charge >= 0.3 is 0 Å². The maximum Gasteiger partial charge on any atom is 0.119 e. The lowest BCUT2D eigenvalue weighted by Crippen LogP contribution is -2.29. The van der Waals surface area contributed by atoms with Crippen LogP contribution in [0, 0.1) is 5.92 Å². The zero-order valence-electron chi connectivity index (χ0n) is 15.7. The van der Waals surface area contributed by atoms with Gasteiger partial charge in [0.15, 0.2) is 0 Å². The van der Waals surface area contributed by atoms with Gasteiger partial charge in [-0.25, -0.2) is 0 Å². The summed E-state index contributed by atoms with van der Waals surface area (Å²) in [6, 6.07) is 17.8. The van der Waals surface area contributed by atoms with Gasteiger partial charge in [0.05, 0.1) is 12.6 Å². The number of hydrogen-bond acceptors (Lipinski definition) is 2. The number of fused-ring (bicyclic) bond motifs is 3.